The Labute approximate surface area is 111 Å². The smallest absolute Gasteiger partial charge is 0.251 e. The minimum atomic E-state index is -0.181. The lowest BCUT2D eigenvalue weighted by atomic mass is 10.0. The number of aromatic amines is 1. The van der Waals surface area contributed by atoms with Gasteiger partial charge >= 0.3 is 0 Å². The maximum absolute atomic E-state index is 11.3. The lowest BCUT2D eigenvalue weighted by molar-refractivity contribution is 0.274. The summed E-state index contributed by atoms with van der Waals surface area (Å²) in [5.74, 6) is 0.471. The Morgan fingerprint density at radius 1 is 1.56 bits per heavy atom. The minimum absolute atomic E-state index is 0.0315. The fourth-order valence-corrected chi connectivity index (χ4v) is 2.71. The first kappa shape index (κ1) is 15.2. The van der Waals surface area contributed by atoms with Crippen LogP contribution in [-0.2, 0) is 0 Å². The van der Waals surface area contributed by atoms with Crippen LogP contribution in [0, 0.1) is 12.8 Å². The number of hydrogen-bond acceptors (Lipinski definition) is 5. The van der Waals surface area contributed by atoms with Gasteiger partial charge in [-0.1, -0.05) is 25.6 Å². The largest absolute Gasteiger partial charge is 0.395 e. The quantitative estimate of drug-likeness (QED) is 0.528. The van der Waals surface area contributed by atoms with E-state index in [0.717, 1.165) is 6.42 Å². The van der Waals surface area contributed by atoms with E-state index in [2.05, 4.69) is 23.8 Å². The zero-order valence-corrected chi connectivity index (χ0v) is 11.8. The van der Waals surface area contributed by atoms with Crippen LogP contribution < -0.4 is 11.3 Å². The standard InChI is InChI=1S/C12H21N3O2S/c1-7(2)4-9(13)10(6-16)18-12-14-8(3)5-11(17)15-12/h5,7,9-10,16H,4,6,13H2,1-3H3,(H,14,15,17). The number of aromatic nitrogens is 2. The first-order chi connectivity index (χ1) is 8.42. The van der Waals surface area contributed by atoms with Crippen LogP contribution in [0.3, 0.4) is 0 Å². The second-order valence-electron chi connectivity index (χ2n) is 4.82. The van der Waals surface area contributed by atoms with Crippen LogP contribution in [0.15, 0.2) is 16.0 Å². The third kappa shape index (κ3) is 4.80. The number of nitrogens with zero attached hydrogens (tertiary/aromatic N) is 1. The van der Waals surface area contributed by atoms with Crippen molar-refractivity contribution in [2.75, 3.05) is 6.61 Å². The van der Waals surface area contributed by atoms with Crippen molar-refractivity contribution in [1.29, 1.82) is 0 Å². The molecule has 0 amide bonds. The molecule has 0 aliphatic rings. The number of rotatable bonds is 6. The van der Waals surface area contributed by atoms with E-state index in [1.807, 2.05) is 0 Å². The summed E-state index contributed by atoms with van der Waals surface area (Å²) in [6.45, 7) is 5.91. The first-order valence-corrected chi connectivity index (χ1v) is 6.91. The van der Waals surface area contributed by atoms with Crippen molar-refractivity contribution in [2.45, 2.75) is 43.6 Å². The summed E-state index contributed by atoms with van der Waals surface area (Å²) in [6, 6.07) is 1.32. The topological polar surface area (TPSA) is 92.0 Å². The second-order valence-corrected chi connectivity index (χ2v) is 6.05. The van der Waals surface area contributed by atoms with E-state index in [9.17, 15) is 9.90 Å². The van der Waals surface area contributed by atoms with Gasteiger partial charge in [0.05, 0.1) is 11.9 Å². The van der Waals surface area contributed by atoms with Crippen molar-refractivity contribution < 1.29 is 5.11 Å². The van der Waals surface area contributed by atoms with Gasteiger partial charge in [0.1, 0.15) is 0 Å². The van der Waals surface area contributed by atoms with Gasteiger partial charge < -0.3 is 15.8 Å². The number of nitrogens with two attached hydrogens (primary N) is 1. The predicted octanol–water partition coefficient (Wildman–Crippen LogP) is 0.905. The van der Waals surface area contributed by atoms with Gasteiger partial charge in [0.2, 0.25) is 0 Å². The lowest BCUT2D eigenvalue weighted by Crippen LogP contribution is -2.36. The normalized spacial score (nSPS) is 14.8. The van der Waals surface area contributed by atoms with Gasteiger partial charge in [-0.2, -0.15) is 0 Å². The van der Waals surface area contributed by atoms with Crippen LogP contribution in [-0.4, -0.2) is 33.0 Å². The monoisotopic (exact) mass is 271 g/mol. The zero-order valence-electron chi connectivity index (χ0n) is 11.0. The van der Waals surface area contributed by atoms with E-state index in [4.69, 9.17) is 5.73 Å². The Bertz CT molecular complexity index is 434. The molecule has 0 saturated heterocycles. The predicted molar refractivity (Wildman–Crippen MR) is 73.8 cm³/mol. The van der Waals surface area contributed by atoms with Crippen molar-refractivity contribution in [3.8, 4) is 0 Å². The molecule has 6 heteroatoms. The molecule has 1 rings (SSSR count). The van der Waals surface area contributed by atoms with Crippen molar-refractivity contribution >= 4 is 11.8 Å². The summed E-state index contributed by atoms with van der Waals surface area (Å²) in [7, 11) is 0. The van der Waals surface area contributed by atoms with Crippen LogP contribution >= 0.6 is 11.8 Å². The first-order valence-electron chi connectivity index (χ1n) is 6.03. The average Bonchev–Trinajstić information content (AvgIpc) is 2.23. The molecule has 18 heavy (non-hydrogen) atoms. The molecule has 0 spiro atoms. The molecule has 0 saturated carbocycles. The minimum Gasteiger partial charge on any atom is -0.395 e. The summed E-state index contributed by atoms with van der Waals surface area (Å²) in [6.07, 6.45) is 0.828. The Morgan fingerprint density at radius 2 is 2.22 bits per heavy atom. The molecule has 2 atom stereocenters. The summed E-state index contributed by atoms with van der Waals surface area (Å²) in [5, 5.41) is 9.75. The van der Waals surface area contributed by atoms with Crippen LogP contribution in [0.2, 0.25) is 0 Å². The van der Waals surface area contributed by atoms with Crippen molar-refractivity contribution in [3.05, 3.63) is 22.1 Å². The molecule has 1 aromatic heterocycles. The lowest BCUT2D eigenvalue weighted by Gasteiger charge is -2.22. The van der Waals surface area contributed by atoms with Crippen molar-refractivity contribution in [3.63, 3.8) is 0 Å². The van der Waals surface area contributed by atoms with Gasteiger partial charge in [-0.3, -0.25) is 4.79 Å². The molecule has 0 aromatic carbocycles. The Kier molecular flexibility index (Phi) is 5.84. The van der Waals surface area contributed by atoms with Crippen LogP contribution in [0.25, 0.3) is 0 Å². The van der Waals surface area contributed by atoms with Gasteiger partial charge in [-0.05, 0) is 19.3 Å². The van der Waals surface area contributed by atoms with Gasteiger partial charge in [-0.15, -0.1) is 0 Å². The molecular weight excluding hydrogens is 250 g/mol. The molecule has 0 radical (unpaired) electrons. The molecule has 5 nitrogen and oxygen atoms in total. The van der Waals surface area contributed by atoms with E-state index in [1.54, 1.807) is 6.92 Å². The maximum atomic E-state index is 11.3. The second kappa shape index (κ2) is 6.92. The number of aryl methyl sites for hydroxylation is 1. The molecule has 102 valence electrons. The zero-order chi connectivity index (χ0) is 13.7. The number of aliphatic hydroxyl groups excluding tert-OH is 1. The van der Waals surface area contributed by atoms with Gasteiger partial charge in [0.25, 0.3) is 5.56 Å². The third-order valence-corrected chi connectivity index (χ3v) is 3.73. The molecule has 1 aromatic rings. The summed E-state index contributed by atoms with van der Waals surface area (Å²) >= 11 is 1.33. The van der Waals surface area contributed by atoms with Crippen LogP contribution in [0.5, 0.6) is 0 Å². The van der Waals surface area contributed by atoms with Gasteiger partial charge in [-0.25, -0.2) is 4.98 Å². The highest BCUT2D eigenvalue weighted by Crippen LogP contribution is 2.23. The molecule has 0 aliphatic carbocycles. The highest BCUT2D eigenvalue weighted by molar-refractivity contribution is 7.99. The molecule has 1 heterocycles. The number of hydrogen-bond donors (Lipinski definition) is 3. The van der Waals surface area contributed by atoms with Gasteiger partial charge in [0.15, 0.2) is 5.16 Å². The molecule has 2 unspecified atom stereocenters. The molecule has 0 bridgehead atoms. The molecule has 0 fully saturated rings. The Balaban J connectivity index is 2.76. The van der Waals surface area contributed by atoms with Crippen LogP contribution in [0.1, 0.15) is 26.0 Å². The summed E-state index contributed by atoms with van der Waals surface area (Å²) in [5.41, 5.74) is 6.53. The highest BCUT2D eigenvalue weighted by atomic mass is 32.2. The van der Waals surface area contributed by atoms with Gasteiger partial charge in [0, 0.05) is 17.8 Å². The Morgan fingerprint density at radius 3 is 2.72 bits per heavy atom. The van der Waals surface area contributed by atoms with Crippen molar-refractivity contribution in [2.24, 2.45) is 11.7 Å². The molecule has 4 N–H and O–H groups in total. The van der Waals surface area contributed by atoms with E-state index in [-0.39, 0.29) is 23.5 Å². The summed E-state index contributed by atoms with van der Waals surface area (Å²) < 4.78 is 0. The Hall–Kier alpha value is -0.850. The van der Waals surface area contributed by atoms with E-state index >= 15 is 0 Å². The molecular formula is C12H21N3O2S. The van der Waals surface area contributed by atoms with Crippen molar-refractivity contribution in [1.82, 2.24) is 9.97 Å². The number of nitrogens with one attached hydrogen (secondary N) is 1. The summed E-state index contributed by atoms with van der Waals surface area (Å²) in [4.78, 5) is 18.2. The van der Waals surface area contributed by atoms with Crippen LogP contribution in [0.4, 0.5) is 0 Å². The fourth-order valence-electron chi connectivity index (χ4n) is 1.71. The van der Waals surface area contributed by atoms with E-state index in [1.165, 1.54) is 17.8 Å². The van der Waals surface area contributed by atoms with E-state index < -0.39 is 0 Å². The maximum Gasteiger partial charge on any atom is 0.251 e. The number of aliphatic hydroxyl groups is 1. The fraction of sp³-hybridized carbons (Fsp3) is 0.667. The SMILES string of the molecule is Cc1cc(=O)[nH]c(SC(CO)C(N)CC(C)C)n1. The van der Waals surface area contributed by atoms with E-state index in [0.29, 0.717) is 16.8 Å². The number of thioether (sulfide) groups is 1. The molecule has 0 aliphatic heterocycles. The number of H-pyrrole nitrogens is 1. The average molecular weight is 271 g/mol. The third-order valence-electron chi connectivity index (χ3n) is 2.51. The highest BCUT2D eigenvalue weighted by Gasteiger charge is 2.20.